The first-order valence-electron chi connectivity index (χ1n) is 16.8. The minimum atomic E-state index is -3.10. The van der Waals surface area contributed by atoms with Gasteiger partial charge in [-0.1, -0.05) is 43.6 Å². The topological polar surface area (TPSA) is 196 Å². The van der Waals surface area contributed by atoms with E-state index in [2.05, 4.69) is 23.6 Å². The number of halogens is 3. The summed E-state index contributed by atoms with van der Waals surface area (Å²) in [6, 6.07) is 7.72. The first kappa shape index (κ1) is 47.1. The number of carboxylic acids is 1. The number of hydrogen-bond donors (Lipinski definition) is 3. The summed E-state index contributed by atoms with van der Waals surface area (Å²) in [5, 5.41) is 8.48. The zero-order valence-corrected chi connectivity index (χ0v) is 34.8. The van der Waals surface area contributed by atoms with Gasteiger partial charge in [0.15, 0.2) is 7.37 Å². The van der Waals surface area contributed by atoms with Crippen molar-refractivity contribution in [1.29, 1.82) is 0 Å². The van der Waals surface area contributed by atoms with Crippen LogP contribution in [-0.4, -0.2) is 88.7 Å². The number of thioether (sulfide) groups is 1. The average molecular weight is 855 g/mol. The summed E-state index contributed by atoms with van der Waals surface area (Å²) in [5.41, 5.74) is 8.42. The molecule has 1 aliphatic heterocycles. The highest BCUT2D eigenvalue weighted by Gasteiger charge is 2.20. The van der Waals surface area contributed by atoms with Crippen molar-refractivity contribution < 1.29 is 42.8 Å². The van der Waals surface area contributed by atoms with Gasteiger partial charge in [0.05, 0.1) is 23.6 Å². The summed E-state index contributed by atoms with van der Waals surface area (Å²) in [7, 11) is -0.228. The lowest BCUT2D eigenvalue weighted by Gasteiger charge is -2.26. The van der Waals surface area contributed by atoms with Crippen molar-refractivity contribution in [3.63, 3.8) is 0 Å². The molecular weight excluding hydrogens is 807 g/mol. The van der Waals surface area contributed by atoms with Gasteiger partial charge in [0.1, 0.15) is 30.2 Å². The van der Waals surface area contributed by atoms with Crippen LogP contribution >= 0.6 is 53.7 Å². The monoisotopic (exact) mass is 853 g/mol. The number of fused-ring (bicyclic) bond motifs is 1. The third-order valence-electron chi connectivity index (χ3n) is 7.76. The fourth-order valence-electron chi connectivity index (χ4n) is 4.96. The van der Waals surface area contributed by atoms with Crippen molar-refractivity contribution in [3.05, 3.63) is 66.8 Å². The molecule has 300 valence electrons. The summed E-state index contributed by atoms with van der Waals surface area (Å²) in [4.78, 5) is 61.0. The highest BCUT2D eigenvalue weighted by Crippen LogP contribution is 2.36. The molecule has 0 bridgehead atoms. The second kappa shape index (κ2) is 23.1. The quantitative estimate of drug-likeness (QED) is 0.0612. The van der Waals surface area contributed by atoms with E-state index in [4.69, 9.17) is 43.7 Å². The van der Waals surface area contributed by atoms with Gasteiger partial charge in [-0.2, -0.15) is 0 Å². The highest BCUT2D eigenvalue weighted by atomic mass is 35.5. The van der Waals surface area contributed by atoms with Gasteiger partial charge in [-0.3, -0.25) is 33.3 Å². The van der Waals surface area contributed by atoms with Crippen LogP contribution in [0.4, 0.5) is 15.8 Å². The second-order valence-electron chi connectivity index (χ2n) is 11.8. The van der Waals surface area contributed by atoms with Crippen molar-refractivity contribution in [2.24, 2.45) is 10.7 Å². The molecular formula is C34H47Cl2FN5O9PS2. The predicted molar refractivity (Wildman–Crippen MR) is 211 cm³/mol. The fourth-order valence-corrected chi connectivity index (χ4v) is 7.85. The fraction of sp³-hybridized carbons (Fsp3) is 0.500. The van der Waals surface area contributed by atoms with Crippen molar-refractivity contribution in [2.75, 3.05) is 50.3 Å². The van der Waals surface area contributed by atoms with Crippen LogP contribution in [0, 0.1) is 5.82 Å². The van der Waals surface area contributed by atoms with Gasteiger partial charge >= 0.3 is 16.8 Å². The Hall–Kier alpha value is -3.02. The number of alkyl halides is 1. The SMILES string of the molecule is CCc1cccc(CC)c1N(COC)C(=O)CCl.COC(=O)CSc1cc(/N=c2\sc(=O)n3n2CCCC3)c(F)cc1Cl.CP(=O)(O)CCC(N)C(=O)O. The number of aliphatic carboxylic acids is 1. The van der Waals surface area contributed by atoms with E-state index in [0.717, 1.165) is 71.7 Å². The summed E-state index contributed by atoms with van der Waals surface area (Å²) < 4.78 is 38.0. The van der Waals surface area contributed by atoms with Crippen LogP contribution in [0.25, 0.3) is 0 Å². The van der Waals surface area contributed by atoms with Gasteiger partial charge in [-0.25, -0.2) is 14.1 Å². The second-order valence-corrected chi connectivity index (χ2v) is 17.0. The molecule has 4 rings (SSSR count). The number of nitrogens with two attached hydrogens (primary N) is 1. The maximum Gasteiger partial charge on any atom is 0.325 e. The Kier molecular flexibility index (Phi) is 20.2. The van der Waals surface area contributed by atoms with Gasteiger partial charge < -0.3 is 25.2 Å². The van der Waals surface area contributed by atoms with Crippen LogP contribution in [-0.2, 0) is 54.4 Å². The number of anilines is 1. The van der Waals surface area contributed by atoms with Crippen LogP contribution in [0.2, 0.25) is 5.02 Å². The Labute approximate surface area is 331 Å². The number of amides is 1. The molecule has 0 spiro atoms. The molecule has 0 radical (unpaired) electrons. The molecule has 54 heavy (non-hydrogen) atoms. The Morgan fingerprint density at radius 3 is 2.28 bits per heavy atom. The summed E-state index contributed by atoms with van der Waals surface area (Å²) in [6.07, 6.45) is 3.64. The molecule has 2 heterocycles. The zero-order valence-electron chi connectivity index (χ0n) is 30.8. The number of esters is 1. The van der Waals surface area contributed by atoms with Crippen LogP contribution < -0.4 is 20.3 Å². The van der Waals surface area contributed by atoms with Gasteiger partial charge in [0.25, 0.3) is 0 Å². The minimum absolute atomic E-state index is 0.0371. The number of aryl methyl sites for hydroxylation is 2. The van der Waals surface area contributed by atoms with Gasteiger partial charge in [0.2, 0.25) is 10.7 Å². The average Bonchev–Trinajstić information content (AvgIpc) is 3.47. The predicted octanol–water partition coefficient (Wildman–Crippen LogP) is 5.47. The number of rotatable bonds is 14. The molecule has 3 aromatic rings. The van der Waals surface area contributed by atoms with E-state index in [9.17, 15) is 28.1 Å². The molecule has 1 aromatic heterocycles. The molecule has 0 saturated carbocycles. The lowest BCUT2D eigenvalue weighted by atomic mass is 10.0. The molecule has 20 heteroatoms. The van der Waals surface area contributed by atoms with Crippen molar-refractivity contribution >= 4 is 82.9 Å². The number of nitrogens with zero attached hydrogens (tertiary/aromatic N) is 4. The molecule has 2 aromatic carbocycles. The largest absolute Gasteiger partial charge is 0.480 e. The van der Waals surface area contributed by atoms with Gasteiger partial charge in [0, 0.05) is 37.9 Å². The smallest absolute Gasteiger partial charge is 0.325 e. The molecule has 2 unspecified atom stereocenters. The van der Waals surface area contributed by atoms with E-state index < -0.39 is 31.2 Å². The Morgan fingerprint density at radius 2 is 1.76 bits per heavy atom. The van der Waals surface area contributed by atoms with E-state index in [-0.39, 0.29) is 52.4 Å². The number of aromatic nitrogens is 2. The minimum Gasteiger partial charge on any atom is -0.480 e. The number of hydrogen-bond acceptors (Lipinski definition) is 11. The molecule has 2 atom stereocenters. The lowest BCUT2D eigenvalue weighted by Crippen LogP contribution is -2.35. The molecule has 1 aliphatic rings. The van der Waals surface area contributed by atoms with Crippen molar-refractivity contribution in [2.45, 2.75) is 70.0 Å². The summed E-state index contributed by atoms with van der Waals surface area (Å²) >= 11 is 13.8. The first-order chi connectivity index (χ1) is 25.5. The Bertz CT molecular complexity index is 1900. The van der Waals surface area contributed by atoms with Gasteiger partial charge in [-0.15, -0.1) is 23.4 Å². The summed E-state index contributed by atoms with van der Waals surface area (Å²) in [6.45, 7) is 6.89. The molecule has 0 saturated heterocycles. The van der Waals surface area contributed by atoms with Crippen LogP contribution in [0.1, 0.15) is 44.2 Å². The molecule has 14 nitrogen and oxygen atoms in total. The normalized spacial score (nSPS) is 14.0. The molecule has 4 N–H and O–H groups in total. The van der Waals surface area contributed by atoms with Crippen LogP contribution in [0.5, 0.6) is 0 Å². The molecule has 1 amide bonds. The summed E-state index contributed by atoms with van der Waals surface area (Å²) in [5.74, 6) is -2.23. The van der Waals surface area contributed by atoms with E-state index in [1.807, 2.05) is 18.2 Å². The highest BCUT2D eigenvalue weighted by molar-refractivity contribution is 8.00. The number of ether oxygens (including phenoxy) is 2. The maximum atomic E-state index is 14.3. The molecule has 0 aliphatic carbocycles. The molecule has 0 fully saturated rings. The van der Waals surface area contributed by atoms with Gasteiger partial charge in [-0.05, 0) is 66.7 Å². The standard InChI is InChI=1S/C15H15ClFN3O3S2.C14H20ClNO2.C5H12NO4P/c1-23-13(21)8-24-12-7-11(10(17)6-9(12)16)18-14-19-4-2-3-5-20(19)15(22)25-14;1-4-11-7-6-8-12(5-2)14(11)16(10-18-3)13(17)9-15;1-11(9,10)3-2-4(6)5(7)8/h6-7H,2-5,8H2,1H3;6-8H,4-5,9-10H2,1-3H3;4H,2-3,6H2,1H3,(H,7,8)(H,9,10)/b18-14-;;. The van der Waals surface area contributed by atoms with Crippen molar-refractivity contribution in [1.82, 2.24) is 9.36 Å². The number of carbonyl (C=O) groups excluding carboxylic acids is 2. The third-order valence-corrected chi connectivity index (χ3v) is 11.4. The number of benzene rings is 2. The van der Waals surface area contributed by atoms with Crippen LogP contribution in [0.15, 0.2) is 45.0 Å². The van der Waals surface area contributed by atoms with E-state index in [1.165, 1.54) is 19.8 Å². The zero-order chi connectivity index (χ0) is 40.6. The van der Waals surface area contributed by atoms with E-state index in [1.54, 1.807) is 21.4 Å². The lowest BCUT2D eigenvalue weighted by molar-refractivity contribution is -0.139. The Balaban J connectivity index is 0.000000305. The number of carboxylic acid groups (broad SMARTS) is 1. The maximum absolute atomic E-state index is 14.3. The van der Waals surface area contributed by atoms with E-state index in [0.29, 0.717) is 22.8 Å². The van der Waals surface area contributed by atoms with E-state index >= 15 is 0 Å². The first-order valence-corrected chi connectivity index (χ1v) is 21.8. The number of para-hydroxylation sites is 1. The number of methoxy groups -OCH3 is 2. The number of carbonyl (C=O) groups is 3. The third kappa shape index (κ3) is 14.6. The van der Waals surface area contributed by atoms with Crippen LogP contribution in [0.3, 0.4) is 0 Å². The van der Waals surface area contributed by atoms with Crippen molar-refractivity contribution in [3.8, 4) is 0 Å². The Morgan fingerprint density at radius 1 is 1.15 bits per heavy atom.